The highest BCUT2D eigenvalue weighted by atomic mass is 15.1. The Labute approximate surface area is 166 Å². The molecule has 0 saturated heterocycles. The second kappa shape index (κ2) is 6.44. The van der Waals surface area contributed by atoms with Gasteiger partial charge in [0, 0.05) is 24.2 Å². The van der Waals surface area contributed by atoms with Crippen molar-refractivity contribution < 1.29 is 0 Å². The largest absolute Gasteiger partial charge is 0.368 e. The summed E-state index contributed by atoms with van der Waals surface area (Å²) in [5, 5.41) is 6.62. The van der Waals surface area contributed by atoms with Gasteiger partial charge in [0.05, 0.1) is 41.6 Å². The average molecular weight is 384 g/mol. The maximum Gasteiger partial charge on any atom is 0.128 e. The molecule has 2 aromatic carbocycles. The van der Waals surface area contributed by atoms with Gasteiger partial charge in [0.15, 0.2) is 0 Å². The van der Waals surface area contributed by atoms with Gasteiger partial charge < -0.3 is 20.6 Å². The van der Waals surface area contributed by atoms with E-state index in [-0.39, 0.29) is 0 Å². The van der Waals surface area contributed by atoms with Gasteiger partial charge in [-0.05, 0) is 36.4 Å². The summed E-state index contributed by atoms with van der Waals surface area (Å²) in [6.45, 7) is 3.47. The maximum atomic E-state index is 4.72. The molecule has 0 saturated carbocycles. The van der Waals surface area contributed by atoms with Crippen molar-refractivity contribution in [3.05, 3.63) is 59.2 Å². The fourth-order valence-corrected chi connectivity index (χ4v) is 3.93. The molecule has 0 atom stereocenters. The van der Waals surface area contributed by atoms with Crippen molar-refractivity contribution in [2.75, 3.05) is 26.2 Å². The maximum absolute atomic E-state index is 4.72. The topological polar surface area (TPSA) is 106 Å². The monoisotopic (exact) mass is 384 g/mol. The van der Waals surface area contributed by atoms with E-state index in [2.05, 4.69) is 54.9 Å². The third kappa shape index (κ3) is 2.93. The molecule has 0 amide bonds. The number of fused-ring (bicyclic) bond motifs is 2. The number of aromatic nitrogens is 4. The number of rotatable bonds is 4. The predicted octanol–water partition coefficient (Wildman–Crippen LogP) is 1.73. The predicted molar refractivity (Wildman–Crippen MR) is 114 cm³/mol. The van der Waals surface area contributed by atoms with Gasteiger partial charge in [-0.2, -0.15) is 0 Å². The van der Waals surface area contributed by atoms with E-state index in [1.165, 1.54) is 0 Å². The number of hydrogen-bond donors (Lipinski definition) is 4. The van der Waals surface area contributed by atoms with Crippen molar-refractivity contribution >= 4 is 33.7 Å². The van der Waals surface area contributed by atoms with Crippen LogP contribution >= 0.6 is 0 Å². The van der Waals surface area contributed by atoms with Gasteiger partial charge in [-0.1, -0.05) is 0 Å². The summed E-state index contributed by atoms with van der Waals surface area (Å²) in [5.74, 6) is 3.69. The molecule has 0 radical (unpaired) electrons. The van der Waals surface area contributed by atoms with Crippen molar-refractivity contribution in [3.63, 3.8) is 0 Å². The smallest absolute Gasteiger partial charge is 0.128 e. The van der Waals surface area contributed by atoms with Crippen LogP contribution in [0.1, 0.15) is 22.8 Å². The van der Waals surface area contributed by atoms with E-state index in [0.717, 1.165) is 82.7 Å². The molecule has 0 unspecified atom stereocenters. The molecule has 2 aromatic heterocycles. The minimum absolute atomic E-state index is 0.617. The van der Waals surface area contributed by atoms with Gasteiger partial charge >= 0.3 is 0 Å². The summed E-state index contributed by atoms with van der Waals surface area (Å²) in [5.41, 5.74) is 6.10. The highest BCUT2D eigenvalue weighted by Gasteiger charge is 2.13. The molecular weight excluding hydrogens is 364 g/mol. The molecule has 0 bridgehead atoms. The fourth-order valence-electron chi connectivity index (χ4n) is 3.93. The lowest BCUT2D eigenvalue weighted by Crippen LogP contribution is -2.19. The molecule has 8 heteroatoms. The Morgan fingerprint density at radius 1 is 0.690 bits per heavy atom. The summed E-state index contributed by atoms with van der Waals surface area (Å²) in [4.78, 5) is 25.3. The molecule has 2 aliphatic rings. The zero-order valence-electron chi connectivity index (χ0n) is 15.8. The molecule has 4 heterocycles. The normalized spacial score (nSPS) is 16.1. The van der Waals surface area contributed by atoms with E-state index >= 15 is 0 Å². The van der Waals surface area contributed by atoms with Gasteiger partial charge in [-0.15, -0.1) is 0 Å². The number of H-pyrrole nitrogens is 2. The van der Waals surface area contributed by atoms with Crippen LogP contribution < -0.4 is 10.6 Å². The Morgan fingerprint density at radius 3 is 1.66 bits per heavy atom. The van der Waals surface area contributed by atoms with Crippen LogP contribution in [-0.4, -0.2) is 57.8 Å². The average Bonchev–Trinajstić information content (AvgIpc) is 3.53. The summed E-state index contributed by atoms with van der Waals surface area (Å²) in [6.07, 6.45) is 0.617. The lowest BCUT2D eigenvalue weighted by Gasteiger charge is -2.01. The number of aliphatic imine (C=N–C) groups is 2. The number of amidine groups is 2. The Bertz CT molecular complexity index is 1190. The van der Waals surface area contributed by atoms with Gasteiger partial charge in [-0.3, -0.25) is 9.98 Å². The Morgan fingerprint density at radius 2 is 1.21 bits per heavy atom. The first-order valence-corrected chi connectivity index (χ1v) is 9.86. The fraction of sp³-hybridized carbons (Fsp3) is 0.238. The van der Waals surface area contributed by atoms with Crippen molar-refractivity contribution in [1.29, 1.82) is 0 Å². The summed E-state index contributed by atoms with van der Waals surface area (Å²) < 4.78 is 0. The van der Waals surface area contributed by atoms with E-state index in [4.69, 9.17) is 9.97 Å². The number of nitrogens with one attached hydrogen (secondary N) is 4. The standard InChI is InChI=1S/C21H20N8/c1-3-14-16(9-12(1)20-22-5-6-23-20)28-18(26-14)11-19-27-15-4-2-13(10-17(15)29-19)21-24-7-8-25-21/h1-4,9-10H,5-8,11H2,(H,22,23)(H,24,25)(H,26,28)(H,27,29). The molecular formula is C21H20N8. The summed E-state index contributed by atoms with van der Waals surface area (Å²) >= 11 is 0. The second-order valence-corrected chi connectivity index (χ2v) is 7.32. The number of aromatic amines is 2. The molecule has 4 N–H and O–H groups in total. The third-order valence-electron chi connectivity index (χ3n) is 5.29. The van der Waals surface area contributed by atoms with Crippen LogP contribution in [0, 0.1) is 0 Å². The first-order chi connectivity index (χ1) is 14.3. The minimum Gasteiger partial charge on any atom is -0.368 e. The Kier molecular flexibility index (Phi) is 3.62. The second-order valence-electron chi connectivity index (χ2n) is 7.32. The van der Waals surface area contributed by atoms with Crippen molar-refractivity contribution in [3.8, 4) is 0 Å². The first-order valence-electron chi connectivity index (χ1n) is 9.86. The van der Waals surface area contributed by atoms with E-state index in [1.807, 2.05) is 12.1 Å². The third-order valence-corrected chi connectivity index (χ3v) is 5.29. The van der Waals surface area contributed by atoms with Crippen molar-refractivity contribution in [2.24, 2.45) is 9.98 Å². The van der Waals surface area contributed by atoms with Crippen LogP contribution in [0.25, 0.3) is 22.1 Å². The van der Waals surface area contributed by atoms with Crippen LogP contribution in [0.3, 0.4) is 0 Å². The van der Waals surface area contributed by atoms with Crippen LogP contribution in [0.4, 0.5) is 0 Å². The molecule has 6 rings (SSSR count). The van der Waals surface area contributed by atoms with Crippen molar-refractivity contribution in [2.45, 2.75) is 6.42 Å². The first kappa shape index (κ1) is 16.3. The van der Waals surface area contributed by atoms with Gasteiger partial charge in [0.2, 0.25) is 0 Å². The molecule has 2 aliphatic heterocycles. The molecule has 8 nitrogen and oxygen atoms in total. The van der Waals surface area contributed by atoms with E-state index in [1.54, 1.807) is 0 Å². The summed E-state index contributed by atoms with van der Waals surface area (Å²) in [6, 6.07) is 12.4. The lowest BCUT2D eigenvalue weighted by molar-refractivity contribution is 0.959. The molecule has 4 aromatic rings. The van der Waals surface area contributed by atoms with E-state index in [0.29, 0.717) is 6.42 Å². The SMILES string of the molecule is c1cc2nc(Cc3nc4ccc(C5=NCCN5)cc4[nH]3)[nH]c2cc1C1=NCCN1. The van der Waals surface area contributed by atoms with Crippen LogP contribution in [0.2, 0.25) is 0 Å². The Hall–Kier alpha value is -3.68. The van der Waals surface area contributed by atoms with Crippen LogP contribution in [0.5, 0.6) is 0 Å². The molecule has 144 valence electrons. The van der Waals surface area contributed by atoms with E-state index < -0.39 is 0 Å². The lowest BCUT2D eigenvalue weighted by atomic mass is 10.2. The van der Waals surface area contributed by atoms with E-state index in [9.17, 15) is 0 Å². The van der Waals surface area contributed by atoms with Crippen LogP contribution in [0.15, 0.2) is 46.4 Å². The van der Waals surface area contributed by atoms with Crippen molar-refractivity contribution in [1.82, 2.24) is 30.6 Å². The zero-order chi connectivity index (χ0) is 19.2. The van der Waals surface area contributed by atoms with Gasteiger partial charge in [0.1, 0.15) is 23.3 Å². The number of nitrogens with zero attached hydrogens (tertiary/aromatic N) is 4. The van der Waals surface area contributed by atoms with Gasteiger partial charge in [0.25, 0.3) is 0 Å². The quantitative estimate of drug-likeness (QED) is 0.430. The molecule has 0 aliphatic carbocycles. The number of imidazole rings is 2. The minimum atomic E-state index is 0.617. The number of benzene rings is 2. The molecule has 0 fully saturated rings. The van der Waals surface area contributed by atoms with Crippen LogP contribution in [-0.2, 0) is 6.42 Å². The molecule has 0 spiro atoms. The zero-order valence-corrected chi connectivity index (χ0v) is 15.8. The Balaban J connectivity index is 1.29. The highest BCUT2D eigenvalue weighted by Crippen LogP contribution is 2.19. The molecule has 29 heavy (non-hydrogen) atoms. The van der Waals surface area contributed by atoms with Gasteiger partial charge in [-0.25, -0.2) is 9.97 Å². The summed E-state index contributed by atoms with van der Waals surface area (Å²) in [7, 11) is 0. The number of hydrogen-bond acceptors (Lipinski definition) is 6. The highest BCUT2D eigenvalue weighted by molar-refractivity contribution is 6.02.